The predicted octanol–water partition coefficient (Wildman–Crippen LogP) is 5.34. The van der Waals surface area contributed by atoms with Gasteiger partial charge in [-0.15, -0.1) is 6.58 Å². The lowest BCUT2D eigenvalue weighted by molar-refractivity contribution is 0.622. The quantitative estimate of drug-likeness (QED) is 0.646. The van der Waals surface area contributed by atoms with Crippen LogP contribution < -0.4 is 5.32 Å². The summed E-state index contributed by atoms with van der Waals surface area (Å²) in [7, 11) is 0. The number of benzene rings is 2. The molecule has 3 nitrogen and oxygen atoms in total. The fraction of sp³-hybridized carbons (Fsp3) is 0.118. The number of rotatable bonds is 5. The first-order valence-electron chi connectivity index (χ1n) is 6.78. The first-order valence-corrected chi connectivity index (χ1v) is 7.16. The van der Waals surface area contributed by atoms with Gasteiger partial charge in [0.2, 0.25) is 0 Å². The molecule has 4 heteroatoms. The summed E-state index contributed by atoms with van der Waals surface area (Å²) in [5.74, 6) is 0. The maximum Gasteiger partial charge on any atom is 0.300 e. The van der Waals surface area contributed by atoms with Crippen LogP contribution >= 0.6 is 11.6 Å². The highest BCUT2D eigenvalue weighted by Crippen LogP contribution is 2.27. The third kappa shape index (κ3) is 3.09. The Labute approximate surface area is 128 Å². The molecule has 0 fully saturated rings. The van der Waals surface area contributed by atoms with Gasteiger partial charge in [0.05, 0.1) is 10.7 Å². The molecule has 0 spiro atoms. The molecule has 0 bridgehead atoms. The van der Waals surface area contributed by atoms with Crippen molar-refractivity contribution in [3.8, 4) is 0 Å². The zero-order valence-electron chi connectivity index (χ0n) is 11.5. The first kappa shape index (κ1) is 13.7. The summed E-state index contributed by atoms with van der Waals surface area (Å²) in [6, 6.07) is 14.0. The van der Waals surface area contributed by atoms with Gasteiger partial charge in [0.25, 0.3) is 6.01 Å². The Balaban J connectivity index is 1.87. The van der Waals surface area contributed by atoms with Crippen molar-refractivity contribution in [2.45, 2.75) is 12.8 Å². The van der Waals surface area contributed by atoms with Crippen LogP contribution in [0.15, 0.2) is 59.5 Å². The number of aryl methyl sites for hydroxylation is 1. The van der Waals surface area contributed by atoms with Gasteiger partial charge in [0.1, 0.15) is 5.52 Å². The van der Waals surface area contributed by atoms with Gasteiger partial charge in [-0.25, -0.2) is 0 Å². The molecule has 0 aliphatic heterocycles. The van der Waals surface area contributed by atoms with E-state index >= 15 is 0 Å². The Morgan fingerprint density at radius 1 is 1.24 bits per heavy atom. The fourth-order valence-corrected chi connectivity index (χ4v) is 2.31. The lowest BCUT2D eigenvalue weighted by atomic mass is 10.1. The van der Waals surface area contributed by atoms with E-state index in [2.05, 4.69) is 22.9 Å². The predicted molar refractivity (Wildman–Crippen MR) is 87.3 cm³/mol. The monoisotopic (exact) mass is 298 g/mol. The Kier molecular flexibility index (Phi) is 3.93. The summed E-state index contributed by atoms with van der Waals surface area (Å²) in [5.41, 5.74) is 3.58. The molecule has 1 aromatic heterocycles. The number of aromatic nitrogens is 1. The number of allylic oxidation sites excluding steroid dienone is 1. The standard InChI is InChI=1S/C17H15ClN2O/c1-2-3-6-12-9-10-15-16(11-12)21-17(20-15)19-14-8-5-4-7-13(14)18/h2,4-5,7-11H,1,3,6H2,(H,19,20). The van der Waals surface area contributed by atoms with Crippen molar-refractivity contribution in [3.05, 3.63) is 65.7 Å². The molecule has 0 atom stereocenters. The molecule has 0 saturated carbocycles. The van der Waals surface area contributed by atoms with Crippen LogP contribution in [0, 0.1) is 0 Å². The van der Waals surface area contributed by atoms with Crippen LogP contribution in [0.5, 0.6) is 0 Å². The number of oxazole rings is 1. The average Bonchev–Trinajstić information content (AvgIpc) is 2.89. The zero-order valence-corrected chi connectivity index (χ0v) is 12.2. The van der Waals surface area contributed by atoms with Crippen molar-refractivity contribution < 1.29 is 4.42 Å². The van der Waals surface area contributed by atoms with E-state index in [1.807, 2.05) is 42.5 Å². The third-order valence-corrected chi connectivity index (χ3v) is 3.54. The first-order chi connectivity index (χ1) is 10.3. The van der Waals surface area contributed by atoms with Crippen molar-refractivity contribution in [2.75, 3.05) is 5.32 Å². The van der Waals surface area contributed by atoms with Crippen molar-refractivity contribution >= 4 is 34.4 Å². The molecular weight excluding hydrogens is 284 g/mol. The molecule has 1 heterocycles. The number of anilines is 2. The molecule has 0 unspecified atom stereocenters. The lowest BCUT2D eigenvalue weighted by Gasteiger charge is -2.02. The van der Waals surface area contributed by atoms with Gasteiger partial charge in [0.15, 0.2) is 5.58 Å². The summed E-state index contributed by atoms with van der Waals surface area (Å²) in [4.78, 5) is 4.41. The summed E-state index contributed by atoms with van der Waals surface area (Å²) in [6.45, 7) is 3.74. The molecule has 2 aromatic carbocycles. The molecule has 106 valence electrons. The van der Waals surface area contributed by atoms with Gasteiger partial charge in [-0.05, 0) is 42.7 Å². The second kappa shape index (κ2) is 6.02. The fourth-order valence-electron chi connectivity index (χ4n) is 2.12. The van der Waals surface area contributed by atoms with E-state index in [1.165, 1.54) is 5.56 Å². The van der Waals surface area contributed by atoms with Gasteiger partial charge in [-0.2, -0.15) is 4.98 Å². The summed E-state index contributed by atoms with van der Waals surface area (Å²) in [5, 5.41) is 3.73. The van der Waals surface area contributed by atoms with Gasteiger partial charge in [-0.1, -0.05) is 35.9 Å². The van der Waals surface area contributed by atoms with E-state index in [1.54, 1.807) is 0 Å². The minimum atomic E-state index is 0.443. The number of halogens is 1. The van der Waals surface area contributed by atoms with Crippen LogP contribution in [0.2, 0.25) is 5.02 Å². The molecule has 0 aliphatic carbocycles. The van der Waals surface area contributed by atoms with E-state index in [-0.39, 0.29) is 0 Å². The molecule has 0 amide bonds. The molecule has 3 rings (SSSR count). The second-order valence-electron chi connectivity index (χ2n) is 4.75. The van der Waals surface area contributed by atoms with Crippen molar-refractivity contribution in [1.29, 1.82) is 0 Å². The van der Waals surface area contributed by atoms with Gasteiger partial charge in [-0.3, -0.25) is 0 Å². The van der Waals surface area contributed by atoms with Crippen molar-refractivity contribution in [3.63, 3.8) is 0 Å². The smallest absolute Gasteiger partial charge is 0.300 e. The van der Waals surface area contributed by atoms with Crippen LogP contribution in [-0.2, 0) is 6.42 Å². The van der Waals surface area contributed by atoms with E-state index in [9.17, 15) is 0 Å². The number of nitrogens with zero attached hydrogens (tertiary/aromatic N) is 1. The van der Waals surface area contributed by atoms with Crippen molar-refractivity contribution in [1.82, 2.24) is 4.98 Å². The minimum Gasteiger partial charge on any atom is -0.423 e. The van der Waals surface area contributed by atoms with E-state index in [0.29, 0.717) is 11.0 Å². The summed E-state index contributed by atoms with van der Waals surface area (Å²) in [6.07, 6.45) is 3.81. The Morgan fingerprint density at radius 2 is 2.10 bits per heavy atom. The highest BCUT2D eigenvalue weighted by Gasteiger charge is 2.08. The van der Waals surface area contributed by atoms with Gasteiger partial charge >= 0.3 is 0 Å². The number of hydrogen-bond acceptors (Lipinski definition) is 3. The number of hydrogen-bond donors (Lipinski definition) is 1. The number of para-hydroxylation sites is 1. The van der Waals surface area contributed by atoms with Crippen LogP contribution in [0.25, 0.3) is 11.1 Å². The zero-order chi connectivity index (χ0) is 14.7. The number of nitrogens with one attached hydrogen (secondary N) is 1. The highest BCUT2D eigenvalue weighted by atomic mass is 35.5. The minimum absolute atomic E-state index is 0.443. The normalized spacial score (nSPS) is 10.7. The van der Waals surface area contributed by atoms with Crippen LogP contribution in [-0.4, -0.2) is 4.98 Å². The van der Waals surface area contributed by atoms with E-state index < -0.39 is 0 Å². The van der Waals surface area contributed by atoms with Crippen LogP contribution in [0.1, 0.15) is 12.0 Å². The molecule has 0 saturated heterocycles. The average molecular weight is 299 g/mol. The maximum absolute atomic E-state index is 6.11. The second-order valence-corrected chi connectivity index (χ2v) is 5.16. The van der Waals surface area contributed by atoms with Crippen molar-refractivity contribution in [2.24, 2.45) is 0 Å². The molecule has 0 radical (unpaired) electrons. The molecule has 0 aliphatic rings. The van der Waals surface area contributed by atoms with Gasteiger partial charge in [0, 0.05) is 0 Å². The van der Waals surface area contributed by atoms with Crippen LogP contribution in [0.4, 0.5) is 11.7 Å². The maximum atomic E-state index is 6.11. The molecule has 1 N–H and O–H groups in total. The van der Waals surface area contributed by atoms with E-state index in [0.717, 1.165) is 29.6 Å². The summed E-state index contributed by atoms with van der Waals surface area (Å²) < 4.78 is 5.74. The van der Waals surface area contributed by atoms with Gasteiger partial charge < -0.3 is 9.73 Å². The summed E-state index contributed by atoms with van der Waals surface area (Å²) >= 11 is 6.11. The molecular formula is C17H15ClN2O. The topological polar surface area (TPSA) is 38.1 Å². The molecule has 3 aromatic rings. The Hall–Kier alpha value is -2.26. The Bertz CT molecular complexity index is 779. The number of fused-ring (bicyclic) bond motifs is 1. The third-order valence-electron chi connectivity index (χ3n) is 3.21. The SMILES string of the molecule is C=CCCc1ccc2nc(Nc3ccccc3Cl)oc2c1. The Morgan fingerprint density at radius 3 is 2.90 bits per heavy atom. The largest absolute Gasteiger partial charge is 0.423 e. The van der Waals surface area contributed by atoms with E-state index in [4.69, 9.17) is 16.0 Å². The molecule has 21 heavy (non-hydrogen) atoms. The van der Waals surface area contributed by atoms with Crippen LogP contribution in [0.3, 0.4) is 0 Å². The highest BCUT2D eigenvalue weighted by molar-refractivity contribution is 6.33. The lowest BCUT2D eigenvalue weighted by Crippen LogP contribution is -1.90.